The average Bonchev–Trinajstić information content (AvgIpc) is 3.16. The number of methoxy groups -OCH3 is 2. The minimum absolute atomic E-state index is 0.0257. The van der Waals surface area contributed by atoms with Gasteiger partial charge in [-0.05, 0) is 12.1 Å². The van der Waals surface area contributed by atoms with E-state index in [1.807, 2.05) is 6.07 Å². The van der Waals surface area contributed by atoms with E-state index in [1.165, 1.54) is 6.20 Å². The number of halogens is 1. The van der Waals surface area contributed by atoms with Gasteiger partial charge in [0.15, 0.2) is 0 Å². The van der Waals surface area contributed by atoms with Crippen LogP contribution in [-0.2, 0) is 18.4 Å². The molecule has 0 amide bonds. The van der Waals surface area contributed by atoms with Gasteiger partial charge in [0.05, 0.1) is 25.9 Å². The summed E-state index contributed by atoms with van der Waals surface area (Å²) in [7, 11) is 4.87. The van der Waals surface area contributed by atoms with E-state index < -0.39 is 5.97 Å². The molecule has 0 unspecified atom stereocenters. The topological polar surface area (TPSA) is 78.4 Å². The highest BCUT2D eigenvalue weighted by Crippen LogP contribution is 2.31. The lowest BCUT2D eigenvalue weighted by Crippen LogP contribution is -2.08. The van der Waals surface area contributed by atoms with Crippen LogP contribution in [0.3, 0.4) is 0 Å². The van der Waals surface area contributed by atoms with Crippen LogP contribution in [0.15, 0.2) is 24.4 Å². The number of imidazole rings is 1. The van der Waals surface area contributed by atoms with Crippen molar-refractivity contribution < 1.29 is 19.0 Å². The van der Waals surface area contributed by atoms with Crippen molar-refractivity contribution in [1.82, 2.24) is 14.5 Å². The van der Waals surface area contributed by atoms with Gasteiger partial charge in [0, 0.05) is 18.5 Å². The van der Waals surface area contributed by atoms with Crippen LogP contribution in [0.25, 0.3) is 10.9 Å². The van der Waals surface area contributed by atoms with Gasteiger partial charge in [-0.1, -0.05) is 11.6 Å². The van der Waals surface area contributed by atoms with Crippen molar-refractivity contribution in [3.05, 3.63) is 41.1 Å². The van der Waals surface area contributed by atoms with Gasteiger partial charge in [-0.2, -0.15) is 0 Å². The third-order valence-corrected chi connectivity index (χ3v) is 4.05. The zero-order valence-corrected chi connectivity index (χ0v) is 14.2. The average molecular weight is 350 g/mol. The Balaban J connectivity index is 1.83. The number of aromatic nitrogens is 3. The number of ether oxygens (including phenoxy) is 3. The van der Waals surface area contributed by atoms with Crippen molar-refractivity contribution in [2.45, 2.75) is 6.61 Å². The summed E-state index contributed by atoms with van der Waals surface area (Å²) in [5, 5.41) is 1.27. The molecule has 3 aromatic rings. The van der Waals surface area contributed by atoms with Crippen molar-refractivity contribution >= 4 is 28.5 Å². The third kappa shape index (κ3) is 2.90. The zero-order chi connectivity index (χ0) is 17.3. The summed E-state index contributed by atoms with van der Waals surface area (Å²) in [4.78, 5) is 19.4. The second-order valence-corrected chi connectivity index (χ2v) is 5.50. The number of aromatic amines is 1. The number of fused-ring (bicyclic) bond motifs is 1. The molecule has 0 aliphatic heterocycles. The smallest absolute Gasteiger partial charge is 0.355 e. The molecule has 3 rings (SSSR count). The largest absolute Gasteiger partial charge is 0.497 e. The standard InChI is InChI=1S/C16H16ClN3O4/c1-20-13(17)7-18-14(20)8-24-16(21)11-5-9-4-10(22-2)6-12(23-3)15(9)19-11/h4-7,19H,8H2,1-3H3. The first-order valence-electron chi connectivity index (χ1n) is 7.11. The highest BCUT2D eigenvalue weighted by molar-refractivity contribution is 6.29. The van der Waals surface area contributed by atoms with Gasteiger partial charge in [0.25, 0.3) is 0 Å². The number of benzene rings is 1. The molecule has 0 atom stereocenters. The number of nitrogens with zero attached hydrogens (tertiary/aromatic N) is 2. The van der Waals surface area contributed by atoms with Crippen molar-refractivity contribution in [2.75, 3.05) is 14.2 Å². The molecule has 126 valence electrons. The number of hydrogen-bond acceptors (Lipinski definition) is 5. The van der Waals surface area contributed by atoms with Crippen LogP contribution in [0.2, 0.25) is 5.15 Å². The van der Waals surface area contributed by atoms with Crippen LogP contribution in [0, 0.1) is 0 Å². The van der Waals surface area contributed by atoms with Gasteiger partial charge in [0.2, 0.25) is 0 Å². The summed E-state index contributed by atoms with van der Waals surface area (Å²) in [6.45, 7) is 0.0257. The molecular weight excluding hydrogens is 334 g/mol. The minimum Gasteiger partial charge on any atom is -0.497 e. The molecule has 8 heteroatoms. The molecule has 0 saturated heterocycles. The Morgan fingerprint density at radius 3 is 2.71 bits per heavy atom. The Morgan fingerprint density at radius 2 is 2.08 bits per heavy atom. The maximum absolute atomic E-state index is 12.3. The fourth-order valence-electron chi connectivity index (χ4n) is 2.34. The zero-order valence-electron chi connectivity index (χ0n) is 13.4. The summed E-state index contributed by atoms with van der Waals surface area (Å²) in [5.41, 5.74) is 1.02. The Hall–Kier alpha value is -2.67. The Bertz CT molecular complexity index is 900. The van der Waals surface area contributed by atoms with Crippen LogP contribution in [0.1, 0.15) is 16.3 Å². The van der Waals surface area contributed by atoms with E-state index >= 15 is 0 Å². The SMILES string of the molecule is COc1cc(OC)c2[nH]c(C(=O)OCc3ncc(Cl)n3C)cc2c1. The monoisotopic (exact) mass is 349 g/mol. The molecule has 7 nitrogen and oxygen atoms in total. The van der Waals surface area contributed by atoms with Gasteiger partial charge < -0.3 is 23.8 Å². The summed E-state index contributed by atoms with van der Waals surface area (Å²) in [6.07, 6.45) is 1.50. The maximum Gasteiger partial charge on any atom is 0.355 e. The molecule has 0 spiro atoms. The molecule has 0 aliphatic carbocycles. The molecule has 24 heavy (non-hydrogen) atoms. The predicted molar refractivity (Wildman–Crippen MR) is 88.7 cm³/mol. The van der Waals surface area contributed by atoms with Crippen molar-refractivity contribution in [2.24, 2.45) is 7.05 Å². The van der Waals surface area contributed by atoms with Gasteiger partial charge in [-0.25, -0.2) is 9.78 Å². The van der Waals surface area contributed by atoms with Crippen LogP contribution < -0.4 is 9.47 Å². The van der Waals surface area contributed by atoms with E-state index in [-0.39, 0.29) is 6.61 Å². The number of nitrogens with one attached hydrogen (secondary N) is 1. The molecular formula is C16H16ClN3O4. The number of hydrogen-bond donors (Lipinski definition) is 1. The van der Waals surface area contributed by atoms with E-state index in [2.05, 4.69) is 9.97 Å². The number of H-pyrrole nitrogens is 1. The van der Waals surface area contributed by atoms with Crippen LogP contribution in [0.4, 0.5) is 0 Å². The lowest BCUT2D eigenvalue weighted by molar-refractivity contribution is 0.0453. The predicted octanol–water partition coefficient (Wildman–Crippen LogP) is 2.93. The quantitative estimate of drug-likeness (QED) is 0.716. The number of rotatable bonds is 5. The summed E-state index contributed by atoms with van der Waals surface area (Å²) in [6, 6.07) is 5.24. The van der Waals surface area contributed by atoms with Crippen molar-refractivity contribution in [3.8, 4) is 11.5 Å². The van der Waals surface area contributed by atoms with E-state index in [4.69, 9.17) is 25.8 Å². The highest BCUT2D eigenvalue weighted by Gasteiger charge is 2.16. The van der Waals surface area contributed by atoms with Gasteiger partial charge in [-0.3, -0.25) is 0 Å². The minimum atomic E-state index is -0.494. The van der Waals surface area contributed by atoms with E-state index in [1.54, 1.807) is 38.0 Å². The lowest BCUT2D eigenvalue weighted by atomic mass is 10.2. The number of carbonyl (C=O) groups is 1. The molecule has 2 heterocycles. The van der Waals surface area contributed by atoms with Gasteiger partial charge >= 0.3 is 5.97 Å². The number of esters is 1. The first-order chi connectivity index (χ1) is 11.5. The molecule has 0 aliphatic rings. The summed E-state index contributed by atoms with van der Waals surface area (Å²) in [5.74, 6) is 1.29. The molecule has 0 bridgehead atoms. The Labute approximate surface area is 143 Å². The molecule has 0 radical (unpaired) electrons. The molecule has 1 N–H and O–H groups in total. The van der Waals surface area contributed by atoms with Crippen LogP contribution in [-0.4, -0.2) is 34.7 Å². The van der Waals surface area contributed by atoms with E-state index in [0.717, 1.165) is 5.39 Å². The normalized spacial score (nSPS) is 10.8. The highest BCUT2D eigenvalue weighted by atomic mass is 35.5. The van der Waals surface area contributed by atoms with Gasteiger partial charge in [-0.15, -0.1) is 0 Å². The molecule has 0 saturated carbocycles. The second-order valence-electron chi connectivity index (χ2n) is 5.11. The Kier molecular flexibility index (Phi) is 4.35. The van der Waals surface area contributed by atoms with Crippen LogP contribution >= 0.6 is 11.6 Å². The summed E-state index contributed by atoms with van der Waals surface area (Å²) < 4.78 is 17.5. The first kappa shape index (κ1) is 16.2. The molecule has 1 aromatic carbocycles. The van der Waals surface area contributed by atoms with E-state index in [9.17, 15) is 4.79 Å². The third-order valence-electron chi connectivity index (χ3n) is 3.70. The Morgan fingerprint density at radius 1 is 1.29 bits per heavy atom. The van der Waals surface area contributed by atoms with Crippen molar-refractivity contribution in [3.63, 3.8) is 0 Å². The van der Waals surface area contributed by atoms with Crippen LogP contribution in [0.5, 0.6) is 11.5 Å². The van der Waals surface area contributed by atoms with Crippen molar-refractivity contribution in [1.29, 1.82) is 0 Å². The fraction of sp³-hybridized carbons (Fsp3) is 0.250. The molecule has 0 fully saturated rings. The van der Waals surface area contributed by atoms with Gasteiger partial charge in [0.1, 0.15) is 34.8 Å². The molecule has 2 aromatic heterocycles. The first-order valence-corrected chi connectivity index (χ1v) is 7.49. The fourth-order valence-corrected chi connectivity index (χ4v) is 2.49. The van der Waals surface area contributed by atoms with E-state index in [0.29, 0.717) is 33.7 Å². The number of carbonyl (C=O) groups excluding carboxylic acids is 1. The lowest BCUT2D eigenvalue weighted by Gasteiger charge is -2.05. The second kappa shape index (κ2) is 6.45. The summed E-state index contributed by atoms with van der Waals surface area (Å²) >= 11 is 5.91. The maximum atomic E-state index is 12.3.